The van der Waals surface area contributed by atoms with E-state index < -0.39 is 29.5 Å². The SMILES string of the molecule is COc1cnc(C(F)F)cc1-c1cc(-n2c(F)cccc2=O)ncc1C(=O)NC1=NNC(C#CC2CC2)S1. The van der Waals surface area contributed by atoms with Crippen LogP contribution in [0.25, 0.3) is 16.9 Å². The third-order valence-corrected chi connectivity index (χ3v) is 6.50. The number of alkyl halides is 2. The van der Waals surface area contributed by atoms with Gasteiger partial charge in [0.15, 0.2) is 10.5 Å². The van der Waals surface area contributed by atoms with Crippen LogP contribution < -0.4 is 21.0 Å². The van der Waals surface area contributed by atoms with Gasteiger partial charge in [0.2, 0.25) is 5.95 Å². The minimum atomic E-state index is -2.91. The predicted molar refractivity (Wildman–Crippen MR) is 134 cm³/mol. The lowest BCUT2D eigenvalue weighted by molar-refractivity contribution is 0.0978. The van der Waals surface area contributed by atoms with Crippen molar-refractivity contribution in [2.45, 2.75) is 24.6 Å². The zero-order valence-corrected chi connectivity index (χ0v) is 20.6. The lowest BCUT2D eigenvalue weighted by Crippen LogP contribution is -2.29. The van der Waals surface area contributed by atoms with Crippen LogP contribution in [-0.4, -0.2) is 38.1 Å². The number of hydrogen-bond acceptors (Lipinski definition) is 8. The van der Waals surface area contributed by atoms with Crippen molar-refractivity contribution in [3.8, 4) is 34.5 Å². The number of ether oxygens (including phenoxy) is 1. The molecule has 1 saturated carbocycles. The molecule has 0 saturated heterocycles. The van der Waals surface area contributed by atoms with Crippen molar-refractivity contribution in [2.75, 3.05) is 7.11 Å². The van der Waals surface area contributed by atoms with Crippen LogP contribution in [-0.2, 0) is 0 Å². The minimum absolute atomic E-state index is 0.0568. The Morgan fingerprint density at radius 2 is 2.03 bits per heavy atom. The second-order valence-electron chi connectivity index (χ2n) is 8.28. The number of amidine groups is 1. The molecule has 0 aromatic carbocycles. The number of amides is 1. The fourth-order valence-corrected chi connectivity index (χ4v) is 4.31. The molecule has 1 unspecified atom stereocenters. The monoisotopic (exact) mass is 540 g/mol. The highest BCUT2D eigenvalue weighted by Gasteiger charge is 2.25. The molecule has 3 aromatic heterocycles. The molecule has 0 spiro atoms. The van der Waals surface area contributed by atoms with Crippen molar-refractivity contribution >= 4 is 22.8 Å². The van der Waals surface area contributed by atoms with E-state index in [-0.39, 0.29) is 38.8 Å². The quantitative estimate of drug-likeness (QED) is 0.377. The largest absolute Gasteiger partial charge is 0.494 e. The molecular formula is C25H19F3N6O3S. The Balaban J connectivity index is 1.55. The van der Waals surface area contributed by atoms with Gasteiger partial charge in [0.1, 0.15) is 17.3 Å². The van der Waals surface area contributed by atoms with Crippen LogP contribution in [0.2, 0.25) is 0 Å². The highest BCUT2D eigenvalue weighted by Crippen LogP contribution is 2.35. The highest BCUT2D eigenvalue weighted by atomic mass is 32.2. The van der Waals surface area contributed by atoms with Crippen LogP contribution in [0.3, 0.4) is 0 Å². The molecule has 1 aliphatic heterocycles. The fourth-order valence-electron chi connectivity index (χ4n) is 3.59. The Morgan fingerprint density at radius 3 is 2.74 bits per heavy atom. The summed E-state index contributed by atoms with van der Waals surface area (Å²) in [5.74, 6) is 4.92. The van der Waals surface area contributed by atoms with Gasteiger partial charge in [0, 0.05) is 29.3 Å². The van der Waals surface area contributed by atoms with Crippen LogP contribution in [0.5, 0.6) is 5.75 Å². The van der Waals surface area contributed by atoms with E-state index in [2.05, 4.69) is 37.7 Å². The number of carbonyl (C=O) groups excluding carboxylic acids is 1. The summed E-state index contributed by atoms with van der Waals surface area (Å²) >= 11 is 1.21. The number of aromatic nitrogens is 3. The standard InChI is InChI=1S/C25H19F3N6O3S/c1-37-18-12-29-17(23(27)28)9-15(18)14-10-20(34-19(26)3-2-4-22(34)35)30-11-16(14)24(36)31-25-33-32-21(38-25)8-7-13-5-6-13/h2-4,9-13,21,23,32H,5-6H2,1H3,(H,31,33,36). The molecule has 1 aliphatic carbocycles. The summed E-state index contributed by atoms with van der Waals surface area (Å²) in [6.07, 6.45) is 1.46. The molecule has 4 heterocycles. The van der Waals surface area contributed by atoms with Crippen molar-refractivity contribution < 1.29 is 22.7 Å². The Hall–Kier alpha value is -4.31. The van der Waals surface area contributed by atoms with Gasteiger partial charge in [-0.3, -0.25) is 25.3 Å². The zero-order chi connectivity index (χ0) is 26.8. The normalized spacial score (nSPS) is 16.3. The summed E-state index contributed by atoms with van der Waals surface area (Å²) < 4.78 is 47.5. The number of nitrogens with one attached hydrogen (secondary N) is 2. The summed E-state index contributed by atoms with van der Waals surface area (Å²) in [7, 11) is 1.31. The van der Waals surface area contributed by atoms with Gasteiger partial charge in [-0.15, -0.1) is 0 Å². The average molecular weight is 541 g/mol. The Bertz CT molecular complexity index is 1560. The second-order valence-corrected chi connectivity index (χ2v) is 9.38. The Kier molecular flexibility index (Phi) is 7.06. The van der Waals surface area contributed by atoms with E-state index in [1.165, 1.54) is 31.0 Å². The fraction of sp³-hybridized carbons (Fsp3) is 0.240. The van der Waals surface area contributed by atoms with Crippen molar-refractivity contribution in [3.05, 3.63) is 70.3 Å². The predicted octanol–water partition coefficient (Wildman–Crippen LogP) is 3.46. The summed E-state index contributed by atoms with van der Waals surface area (Å²) in [4.78, 5) is 33.5. The molecule has 194 valence electrons. The van der Waals surface area contributed by atoms with E-state index in [0.717, 1.165) is 43.4 Å². The smallest absolute Gasteiger partial charge is 0.280 e. The van der Waals surface area contributed by atoms with Crippen LogP contribution in [0, 0.1) is 23.7 Å². The zero-order valence-electron chi connectivity index (χ0n) is 19.7. The maximum Gasteiger partial charge on any atom is 0.280 e. The lowest BCUT2D eigenvalue weighted by Gasteiger charge is -2.16. The Labute approximate surface area is 218 Å². The molecule has 9 nitrogen and oxygen atoms in total. The first kappa shape index (κ1) is 25.3. The maximum atomic E-state index is 14.5. The van der Waals surface area contributed by atoms with Crippen LogP contribution in [0.1, 0.15) is 35.3 Å². The number of methoxy groups -OCH3 is 1. The first-order valence-corrected chi connectivity index (χ1v) is 12.2. The third-order valence-electron chi connectivity index (χ3n) is 5.62. The molecule has 0 radical (unpaired) electrons. The van der Waals surface area contributed by atoms with E-state index in [1.807, 2.05) is 0 Å². The molecule has 1 amide bonds. The molecule has 2 aliphatic rings. The van der Waals surface area contributed by atoms with E-state index in [1.54, 1.807) is 0 Å². The van der Waals surface area contributed by atoms with E-state index in [9.17, 15) is 22.8 Å². The van der Waals surface area contributed by atoms with E-state index in [4.69, 9.17) is 4.74 Å². The molecule has 5 rings (SSSR count). The molecule has 1 atom stereocenters. The van der Waals surface area contributed by atoms with Gasteiger partial charge in [-0.1, -0.05) is 17.9 Å². The minimum Gasteiger partial charge on any atom is -0.494 e. The summed E-state index contributed by atoms with van der Waals surface area (Å²) in [5.41, 5.74) is 1.63. The van der Waals surface area contributed by atoms with Gasteiger partial charge in [-0.05, 0) is 42.8 Å². The van der Waals surface area contributed by atoms with E-state index >= 15 is 0 Å². The van der Waals surface area contributed by atoms with Gasteiger partial charge < -0.3 is 4.74 Å². The molecule has 13 heteroatoms. The molecule has 38 heavy (non-hydrogen) atoms. The van der Waals surface area contributed by atoms with Gasteiger partial charge in [0.05, 0.1) is 18.9 Å². The average Bonchev–Trinajstić information content (AvgIpc) is 3.64. The van der Waals surface area contributed by atoms with Crippen LogP contribution >= 0.6 is 11.8 Å². The number of halogens is 3. The maximum absolute atomic E-state index is 14.5. The molecule has 2 N–H and O–H groups in total. The van der Waals surface area contributed by atoms with Gasteiger partial charge in [-0.2, -0.15) is 9.49 Å². The van der Waals surface area contributed by atoms with Gasteiger partial charge in [-0.25, -0.2) is 18.3 Å². The van der Waals surface area contributed by atoms with Crippen LogP contribution in [0.4, 0.5) is 13.2 Å². The Morgan fingerprint density at radius 1 is 1.21 bits per heavy atom. The van der Waals surface area contributed by atoms with E-state index in [0.29, 0.717) is 10.5 Å². The van der Waals surface area contributed by atoms with Gasteiger partial charge >= 0.3 is 0 Å². The molecule has 3 aromatic rings. The first-order chi connectivity index (χ1) is 18.3. The second kappa shape index (κ2) is 10.6. The topological polar surface area (TPSA) is 111 Å². The molecule has 0 bridgehead atoms. The number of hydrogen-bond donors (Lipinski definition) is 2. The number of hydrazone groups is 1. The number of pyridine rings is 3. The van der Waals surface area contributed by atoms with Crippen molar-refractivity contribution in [1.29, 1.82) is 0 Å². The third kappa shape index (κ3) is 5.35. The van der Waals surface area contributed by atoms with Crippen molar-refractivity contribution in [2.24, 2.45) is 11.0 Å². The lowest BCUT2D eigenvalue weighted by atomic mass is 10.00. The first-order valence-electron chi connectivity index (χ1n) is 11.4. The van der Waals surface area contributed by atoms with Gasteiger partial charge in [0.25, 0.3) is 17.9 Å². The number of thioether (sulfide) groups is 1. The van der Waals surface area contributed by atoms with Crippen LogP contribution in [0.15, 0.2) is 52.6 Å². The summed E-state index contributed by atoms with van der Waals surface area (Å²) in [6, 6.07) is 5.76. The highest BCUT2D eigenvalue weighted by molar-refractivity contribution is 8.14. The summed E-state index contributed by atoms with van der Waals surface area (Å²) in [6.45, 7) is 0. The van der Waals surface area contributed by atoms with Crippen molar-refractivity contribution in [1.82, 2.24) is 25.3 Å². The molecule has 1 fully saturated rings. The molecular weight excluding hydrogens is 521 g/mol. The number of rotatable bonds is 5. The number of nitrogens with zero attached hydrogens (tertiary/aromatic N) is 4. The van der Waals surface area contributed by atoms with Crippen molar-refractivity contribution in [3.63, 3.8) is 0 Å². The summed E-state index contributed by atoms with van der Waals surface area (Å²) in [5, 5.41) is 6.66. The number of carbonyl (C=O) groups is 1.